The molecule has 188 valence electrons. The number of rotatable bonds is 5. The molecule has 0 bridgehead atoms. The second-order valence-corrected chi connectivity index (χ2v) is 10.3. The smallest absolute Gasteiger partial charge is 0.366 e. The van der Waals surface area contributed by atoms with Crippen molar-refractivity contribution >= 4 is 38.3 Å². The van der Waals surface area contributed by atoms with Crippen LogP contribution in [0.3, 0.4) is 0 Å². The molecule has 0 fully saturated rings. The van der Waals surface area contributed by atoms with Crippen molar-refractivity contribution in [1.82, 2.24) is 5.16 Å². The highest BCUT2D eigenvalue weighted by Gasteiger charge is 2.41. The summed E-state index contributed by atoms with van der Waals surface area (Å²) in [6.45, 7) is 5.29. The van der Waals surface area contributed by atoms with Gasteiger partial charge in [0.1, 0.15) is 5.82 Å². The van der Waals surface area contributed by atoms with Crippen LogP contribution in [0, 0.1) is 24.6 Å². The summed E-state index contributed by atoms with van der Waals surface area (Å²) in [7, 11) is 0. The lowest BCUT2D eigenvalue weighted by atomic mass is 9.75. The number of hydrogen-bond donors (Lipinski definition) is 2. The molecule has 4 aromatic rings. The number of anilines is 1. The molecule has 0 saturated carbocycles. The third kappa shape index (κ3) is 5.79. The molecule has 37 heavy (non-hydrogen) atoms. The zero-order valence-corrected chi connectivity index (χ0v) is 22.0. The summed E-state index contributed by atoms with van der Waals surface area (Å²) in [6, 6.07) is 17.9. The quantitative estimate of drug-likeness (QED) is 0.314. The third-order valence-electron chi connectivity index (χ3n) is 6.07. The Hall–Kier alpha value is -3.80. The Morgan fingerprint density at radius 2 is 1.84 bits per heavy atom. The molecular formula is C29H24BrFN2O4. The molecule has 0 aliphatic rings. The van der Waals surface area contributed by atoms with Gasteiger partial charge in [-0.25, -0.2) is 9.18 Å². The third-order valence-corrected chi connectivity index (χ3v) is 6.76. The van der Waals surface area contributed by atoms with Gasteiger partial charge in [0.2, 0.25) is 5.60 Å². The van der Waals surface area contributed by atoms with Crippen molar-refractivity contribution < 1.29 is 18.8 Å². The highest BCUT2D eigenvalue weighted by atomic mass is 79.9. The van der Waals surface area contributed by atoms with Crippen molar-refractivity contribution in [3.8, 4) is 11.8 Å². The molecule has 1 atom stereocenters. The number of fused-ring (bicyclic) bond motifs is 1. The van der Waals surface area contributed by atoms with E-state index < -0.39 is 28.4 Å². The molecule has 0 aliphatic carbocycles. The molecule has 6 nitrogen and oxygen atoms in total. The summed E-state index contributed by atoms with van der Waals surface area (Å²) in [4.78, 5) is 25.5. The van der Waals surface area contributed by atoms with E-state index in [1.807, 2.05) is 6.07 Å². The van der Waals surface area contributed by atoms with E-state index in [0.29, 0.717) is 37.8 Å². The van der Waals surface area contributed by atoms with Crippen LogP contribution in [-0.2, 0) is 10.2 Å². The number of aromatic nitrogens is 1. The SMILES string of the molecule is Cc1noc(=O)c2ccc(NC(=O)C(O)(C#Cc3ccccc3)CC(C)(C)c3cc(F)ccc3Br)cc12. The molecule has 0 spiro atoms. The van der Waals surface area contributed by atoms with Gasteiger partial charge in [0.15, 0.2) is 0 Å². The van der Waals surface area contributed by atoms with E-state index in [1.54, 1.807) is 57.2 Å². The zero-order chi connectivity index (χ0) is 26.8. The number of nitrogens with one attached hydrogen (secondary N) is 1. The van der Waals surface area contributed by atoms with Gasteiger partial charge in [-0.05, 0) is 66.4 Å². The van der Waals surface area contributed by atoms with Crippen LogP contribution < -0.4 is 10.9 Å². The van der Waals surface area contributed by atoms with Crippen molar-refractivity contribution in [1.29, 1.82) is 0 Å². The van der Waals surface area contributed by atoms with Gasteiger partial charge < -0.3 is 14.9 Å². The number of aliphatic hydroxyl groups is 1. The first-order chi connectivity index (χ1) is 17.5. The van der Waals surface area contributed by atoms with Crippen LogP contribution in [0.5, 0.6) is 0 Å². The van der Waals surface area contributed by atoms with Crippen LogP contribution in [0.2, 0.25) is 0 Å². The summed E-state index contributed by atoms with van der Waals surface area (Å²) in [6.07, 6.45) is -0.133. The monoisotopic (exact) mass is 562 g/mol. The average molecular weight is 563 g/mol. The Bertz CT molecular complexity index is 1610. The Morgan fingerprint density at radius 1 is 1.11 bits per heavy atom. The van der Waals surface area contributed by atoms with E-state index in [9.17, 15) is 19.1 Å². The number of carbonyl (C=O) groups excluding carboxylic acids is 1. The number of aryl methyl sites for hydroxylation is 1. The van der Waals surface area contributed by atoms with Gasteiger partial charge in [-0.3, -0.25) is 4.79 Å². The molecule has 4 rings (SSSR count). The lowest BCUT2D eigenvalue weighted by Gasteiger charge is -2.33. The number of halogens is 2. The van der Waals surface area contributed by atoms with E-state index in [4.69, 9.17) is 4.52 Å². The maximum Gasteiger partial charge on any atom is 0.366 e. The normalized spacial score (nSPS) is 12.9. The van der Waals surface area contributed by atoms with E-state index >= 15 is 0 Å². The average Bonchev–Trinajstić information content (AvgIpc) is 2.87. The van der Waals surface area contributed by atoms with Crippen LogP contribution in [0.25, 0.3) is 10.8 Å². The first-order valence-electron chi connectivity index (χ1n) is 11.5. The van der Waals surface area contributed by atoms with Gasteiger partial charge >= 0.3 is 5.63 Å². The van der Waals surface area contributed by atoms with Gasteiger partial charge in [-0.1, -0.05) is 65.0 Å². The molecule has 2 N–H and O–H groups in total. The second kappa shape index (κ2) is 10.3. The summed E-state index contributed by atoms with van der Waals surface area (Å²) >= 11 is 3.45. The first kappa shape index (κ1) is 26.3. The van der Waals surface area contributed by atoms with Gasteiger partial charge in [-0.2, -0.15) is 0 Å². The maximum atomic E-state index is 14.1. The van der Waals surface area contributed by atoms with Gasteiger partial charge in [-0.15, -0.1) is 0 Å². The molecular weight excluding hydrogens is 539 g/mol. The van der Waals surface area contributed by atoms with Crippen molar-refractivity contribution in [3.63, 3.8) is 0 Å². The Kier molecular flexibility index (Phi) is 7.30. The molecule has 8 heteroatoms. The molecule has 1 aromatic heterocycles. The number of hydrogen-bond acceptors (Lipinski definition) is 5. The molecule has 1 amide bonds. The highest BCUT2D eigenvalue weighted by molar-refractivity contribution is 9.10. The summed E-state index contributed by atoms with van der Waals surface area (Å²) in [5, 5.41) is 19.0. The zero-order valence-electron chi connectivity index (χ0n) is 20.4. The largest absolute Gasteiger partial charge is 0.369 e. The molecule has 1 heterocycles. The molecule has 0 aliphatic heterocycles. The summed E-state index contributed by atoms with van der Waals surface area (Å²) in [5.41, 5.74) is -1.58. The first-order valence-corrected chi connectivity index (χ1v) is 12.3. The molecule has 1 unspecified atom stereocenters. The minimum atomic E-state index is -2.15. The molecule has 0 radical (unpaired) electrons. The minimum Gasteiger partial charge on any atom is -0.369 e. The standard InChI is InChI=1S/C29H24BrFN2O4/c1-18-23-16-21(10-11-22(23)26(34)37-33-18)32-27(35)29(36,14-13-19-7-5-4-6-8-19)17-28(2,3)24-15-20(31)9-12-25(24)30/h4-12,15-16,36H,17H2,1-3H3,(H,32,35). The van der Waals surface area contributed by atoms with Gasteiger partial charge in [0.05, 0.1) is 11.1 Å². The molecule has 0 saturated heterocycles. The predicted octanol–water partition coefficient (Wildman–Crippen LogP) is 5.49. The summed E-state index contributed by atoms with van der Waals surface area (Å²) in [5.74, 6) is 4.45. The fraction of sp³-hybridized carbons (Fsp3) is 0.207. The van der Waals surface area contributed by atoms with Crippen LogP contribution in [0.1, 0.15) is 37.1 Å². The van der Waals surface area contributed by atoms with E-state index in [1.165, 1.54) is 24.3 Å². The Labute approximate surface area is 221 Å². The van der Waals surface area contributed by atoms with Crippen molar-refractivity contribution in [3.05, 3.63) is 104 Å². The number of carbonyl (C=O) groups is 1. The second-order valence-electron chi connectivity index (χ2n) is 9.43. The van der Waals surface area contributed by atoms with Crippen LogP contribution >= 0.6 is 15.9 Å². The highest BCUT2D eigenvalue weighted by Crippen LogP contribution is 2.37. The lowest BCUT2D eigenvalue weighted by Crippen LogP contribution is -2.46. The Balaban J connectivity index is 1.74. The minimum absolute atomic E-state index is 0.133. The van der Waals surface area contributed by atoms with Crippen molar-refractivity contribution in [2.75, 3.05) is 5.32 Å². The fourth-order valence-electron chi connectivity index (χ4n) is 4.17. The molecule has 3 aromatic carbocycles. The van der Waals surface area contributed by atoms with E-state index in [2.05, 4.69) is 38.2 Å². The number of amides is 1. The van der Waals surface area contributed by atoms with Crippen molar-refractivity contribution in [2.45, 2.75) is 38.2 Å². The predicted molar refractivity (Wildman–Crippen MR) is 144 cm³/mol. The number of benzene rings is 3. The van der Waals surface area contributed by atoms with Crippen molar-refractivity contribution in [2.24, 2.45) is 0 Å². The van der Waals surface area contributed by atoms with Gasteiger partial charge in [0, 0.05) is 27.5 Å². The Morgan fingerprint density at radius 3 is 2.57 bits per heavy atom. The van der Waals surface area contributed by atoms with Gasteiger partial charge in [0.25, 0.3) is 5.91 Å². The summed E-state index contributed by atoms with van der Waals surface area (Å²) < 4.78 is 19.5. The topological polar surface area (TPSA) is 92.4 Å². The maximum absolute atomic E-state index is 14.1. The van der Waals surface area contributed by atoms with Crippen LogP contribution in [0.15, 0.2) is 80.5 Å². The van der Waals surface area contributed by atoms with E-state index in [-0.39, 0.29) is 6.42 Å². The van der Waals surface area contributed by atoms with Crippen LogP contribution in [0.4, 0.5) is 10.1 Å². The van der Waals surface area contributed by atoms with E-state index in [0.717, 1.165) is 0 Å². The number of nitrogens with zero attached hydrogens (tertiary/aromatic N) is 1. The fourth-order valence-corrected chi connectivity index (χ4v) is 4.95. The lowest BCUT2D eigenvalue weighted by molar-refractivity contribution is -0.130. The van der Waals surface area contributed by atoms with Crippen LogP contribution in [-0.4, -0.2) is 21.8 Å².